The van der Waals surface area contributed by atoms with Gasteiger partial charge < -0.3 is 20.1 Å². The zero-order valence-corrected chi connectivity index (χ0v) is 13.4. The lowest BCUT2D eigenvalue weighted by atomic mass is 10.2. The Kier molecular flexibility index (Phi) is 7.61. The van der Waals surface area contributed by atoms with Crippen LogP contribution < -0.4 is 20.1 Å². The number of carbonyl (C=O) groups excluding carboxylic acids is 1. The fraction of sp³-hybridized carbons (Fsp3) is 0.562. The lowest BCUT2D eigenvalue weighted by molar-refractivity contribution is -0.122. The molecule has 0 aliphatic carbocycles. The Bertz CT molecular complexity index is 447. The minimum atomic E-state index is -0.00669. The molecular formula is C16H26N2O3. The van der Waals surface area contributed by atoms with Gasteiger partial charge in [0.1, 0.15) is 0 Å². The molecule has 0 aromatic heterocycles. The maximum atomic E-state index is 11.6. The summed E-state index contributed by atoms with van der Waals surface area (Å²) in [5, 5.41) is 6.10. The summed E-state index contributed by atoms with van der Waals surface area (Å²) in [5.74, 6) is 1.34. The van der Waals surface area contributed by atoms with Gasteiger partial charge in [-0.25, -0.2) is 0 Å². The van der Waals surface area contributed by atoms with Crippen molar-refractivity contribution >= 4 is 5.91 Å². The predicted octanol–water partition coefficient (Wildman–Crippen LogP) is 2.10. The second-order valence-electron chi connectivity index (χ2n) is 5.09. The number of hydrogen-bond acceptors (Lipinski definition) is 4. The van der Waals surface area contributed by atoms with E-state index in [9.17, 15) is 4.79 Å². The minimum absolute atomic E-state index is 0.00669. The summed E-state index contributed by atoms with van der Waals surface area (Å²) in [7, 11) is 1.61. The Morgan fingerprint density at radius 3 is 2.67 bits per heavy atom. The number of hydrogen-bond donors (Lipinski definition) is 2. The molecule has 0 unspecified atom stereocenters. The third kappa shape index (κ3) is 6.49. The fourth-order valence-electron chi connectivity index (χ4n) is 1.86. The molecule has 21 heavy (non-hydrogen) atoms. The molecule has 1 aromatic rings. The van der Waals surface area contributed by atoms with Gasteiger partial charge in [0.25, 0.3) is 0 Å². The highest BCUT2D eigenvalue weighted by molar-refractivity contribution is 5.76. The van der Waals surface area contributed by atoms with E-state index in [0.29, 0.717) is 24.5 Å². The molecule has 0 saturated heterocycles. The fourth-order valence-corrected chi connectivity index (χ4v) is 1.86. The van der Waals surface area contributed by atoms with Gasteiger partial charge in [0.15, 0.2) is 11.5 Å². The molecule has 1 aromatic carbocycles. The van der Waals surface area contributed by atoms with Gasteiger partial charge in [0.2, 0.25) is 5.91 Å². The highest BCUT2D eigenvalue weighted by Gasteiger charge is 2.08. The molecule has 1 rings (SSSR count). The van der Waals surface area contributed by atoms with Crippen LogP contribution in [0.2, 0.25) is 0 Å². The molecule has 0 aliphatic heterocycles. The lowest BCUT2D eigenvalue weighted by Crippen LogP contribution is -2.31. The molecule has 118 valence electrons. The molecule has 0 radical (unpaired) electrons. The summed E-state index contributed by atoms with van der Waals surface area (Å²) < 4.78 is 11.0. The largest absolute Gasteiger partial charge is 0.493 e. The van der Waals surface area contributed by atoms with E-state index in [2.05, 4.69) is 17.6 Å². The molecule has 0 bridgehead atoms. The van der Waals surface area contributed by atoms with Crippen molar-refractivity contribution in [1.82, 2.24) is 10.6 Å². The van der Waals surface area contributed by atoms with Crippen LogP contribution in [-0.4, -0.2) is 32.2 Å². The van der Waals surface area contributed by atoms with Crippen LogP contribution in [0, 0.1) is 0 Å². The van der Waals surface area contributed by atoms with Gasteiger partial charge in [-0.1, -0.05) is 13.0 Å². The smallest absolute Gasteiger partial charge is 0.223 e. The van der Waals surface area contributed by atoms with Crippen LogP contribution >= 0.6 is 0 Å². The van der Waals surface area contributed by atoms with Crippen LogP contribution in [0.5, 0.6) is 11.5 Å². The maximum Gasteiger partial charge on any atom is 0.223 e. The van der Waals surface area contributed by atoms with Crippen molar-refractivity contribution in [2.24, 2.45) is 0 Å². The molecule has 5 heteroatoms. The summed E-state index contributed by atoms with van der Waals surface area (Å²) >= 11 is 0. The molecule has 1 amide bonds. The second-order valence-corrected chi connectivity index (χ2v) is 5.09. The Morgan fingerprint density at radius 2 is 2.05 bits per heavy atom. The summed E-state index contributed by atoms with van der Waals surface area (Å²) in [6.07, 6.45) is 0.332. The Morgan fingerprint density at radius 1 is 1.29 bits per heavy atom. The van der Waals surface area contributed by atoms with Crippen molar-refractivity contribution in [2.75, 3.05) is 20.3 Å². The lowest BCUT2D eigenvalue weighted by Gasteiger charge is -2.13. The van der Waals surface area contributed by atoms with E-state index in [1.54, 1.807) is 7.11 Å². The van der Waals surface area contributed by atoms with E-state index in [1.165, 1.54) is 0 Å². The highest BCUT2D eigenvalue weighted by atomic mass is 16.5. The Hall–Kier alpha value is -1.75. The van der Waals surface area contributed by atoms with Gasteiger partial charge in [-0.15, -0.1) is 0 Å². The molecular weight excluding hydrogens is 268 g/mol. The third-order valence-corrected chi connectivity index (χ3v) is 2.84. The van der Waals surface area contributed by atoms with E-state index in [4.69, 9.17) is 9.47 Å². The molecule has 0 aliphatic rings. The summed E-state index contributed by atoms with van der Waals surface area (Å²) in [4.78, 5) is 11.6. The summed E-state index contributed by atoms with van der Waals surface area (Å²) in [6.45, 7) is 7.97. The zero-order chi connectivity index (χ0) is 15.7. The molecule has 0 fully saturated rings. The Balaban J connectivity index is 2.57. The number of methoxy groups -OCH3 is 1. The number of benzene rings is 1. The topological polar surface area (TPSA) is 59.6 Å². The molecule has 0 heterocycles. The maximum absolute atomic E-state index is 11.6. The third-order valence-electron chi connectivity index (χ3n) is 2.84. The predicted molar refractivity (Wildman–Crippen MR) is 83.8 cm³/mol. The molecule has 0 saturated carbocycles. The normalized spacial score (nSPS) is 10.5. The van der Waals surface area contributed by atoms with Crippen molar-refractivity contribution in [3.05, 3.63) is 23.8 Å². The summed E-state index contributed by atoms with van der Waals surface area (Å²) in [5.41, 5.74) is 1.12. The number of rotatable bonds is 9. The number of nitrogens with one attached hydrogen (secondary N) is 2. The highest BCUT2D eigenvalue weighted by Crippen LogP contribution is 2.28. The average Bonchev–Trinajstić information content (AvgIpc) is 2.44. The summed E-state index contributed by atoms with van der Waals surface area (Å²) in [6, 6.07) is 5.98. The average molecular weight is 294 g/mol. The molecule has 2 N–H and O–H groups in total. The Labute approximate surface area is 127 Å². The van der Waals surface area contributed by atoms with Crippen molar-refractivity contribution < 1.29 is 14.3 Å². The van der Waals surface area contributed by atoms with Gasteiger partial charge in [-0.2, -0.15) is 0 Å². The van der Waals surface area contributed by atoms with Crippen molar-refractivity contribution in [1.29, 1.82) is 0 Å². The van der Waals surface area contributed by atoms with Gasteiger partial charge in [-0.05, 0) is 38.1 Å². The van der Waals surface area contributed by atoms with Crippen molar-refractivity contribution in [3.8, 4) is 11.5 Å². The van der Waals surface area contributed by atoms with E-state index < -0.39 is 0 Å². The van der Waals surface area contributed by atoms with Crippen LogP contribution in [0.3, 0.4) is 0 Å². The minimum Gasteiger partial charge on any atom is -0.493 e. The van der Waals surface area contributed by atoms with Crippen molar-refractivity contribution in [2.45, 2.75) is 39.8 Å². The second kappa shape index (κ2) is 9.23. The number of amides is 1. The van der Waals surface area contributed by atoms with Gasteiger partial charge in [0, 0.05) is 12.6 Å². The molecule has 0 spiro atoms. The van der Waals surface area contributed by atoms with E-state index in [-0.39, 0.29) is 11.9 Å². The van der Waals surface area contributed by atoms with Crippen LogP contribution in [-0.2, 0) is 11.3 Å². The van der Waals surface area contributed by atoms with E-state index >= 15 is 0 Å². The number of carbonyl (C=O) groups is 1. The zero-order valence-electron chi connectivity index (χ0n) is 13.4. The SMILES string of the molecule is CCNCc1ccc(OC)c(OCCC(=O)NC(C)C)c1. The van der Waals surface area contributed by atoms with Crippen LogP contribution in [0.15, 0.2) is 18.2 Å². The quantitative estimate of drug-likeness (QED) is 0.732. The standard InChI is InChI=1S/C16H26N2O3/c1-5-17-11-13-6-7-14(20-4)15(10-13)21-9-8-16(19)18-12(2)3/h6-7,10,12,17H,5,8-9,11H2,1-4H3,(H,18,19). The van der Waals surface area contributed by atoms with E-state index in [1.807, 2.05) is 32.0 Å². The van der Waals surface area contributed by atoms with Crippen LogP contribution in [0.4, 0.5) is 0 Å². The van der Waals surface area contributed by atoms with Crippen molar-refractivity contribution in [3.63, 3.8) is 0 Å². The van der Waals surface area contributed by atoms with Gasteiger partial charge in [-0.3, -0.25) is 4.79 Å². The first-order valence-corrected chi connectivity index (χ1v) is 7.36. The first kappa shape index (κ1) is 17.3. The van der Waals surface area contributed by atoms with Gasteiger partial charge in [0.05, 0.1) is 20.1 Å². The molecule has 0 atom stereocenters. The van der Waals surface area contributed by atoms with E-state index in [0.717, 1.165) is 18.7 Å². The number of ether oxygens (including phenoxy) is 2. The first-order valence-electron chi connectivity index (χ1n) is 7.36. The molecule has 5 nitrogen and oxygen atoms in total. The van der Waals surface area contributed by atoms with Crippen LogP contribution in [0.25, 0.3) is 0 Å². The van der Waals surface area contributed by atoms with Gasteiger partial charge >= 0.3 is 0 Å². The first-order chi connectivity index (χ1) is 10.1. The van der Waals surface area contributed by atoms with Crippen LogP contribution in [0.1, 0.15) is 32.8 Å². The monoisotopic (exact) mass is 294 g/mol.